The van der Waals surface area contributed by atoms with Crippen molar-refractivity contribution in [3.63, 3.8) is 0 Å². The first kappa shape index (κ1) is 21.5. The third kappa shape index (κ3) is 5.68. The predicted molar refractivity (Wildman–Crippen MR) is 119 cm³/mol. The van der Waals surface area contributed by atoms with Crippen LogP contribution in [0, 0.1) is 0 Å². The van der Waals surface area contributed by atoms with Crippen molar-refractivity contribution in [3.05, 3.63) is 95.6 Å². The Kier molecular flexibility index (Phi) is 6.87. The van der Waals surface area contributed by atoms with Crippen LogP contribution in [0.4, 0.5) is 10.5 Å². The highest BCUT2D eigenvalue weighted by molar-refractivity contribution is 7.90. The van der Waals surface area contributed by atoms with Crippen molar-refractivity contribution in [2.24, 2.45) is 5.73 Å². The summed E-state index contributed by atoms with van der Waals surface area (Å²) in [6.07, 6.45) is 0. The molecule has 0 saturated carbocycles. The van der Waals surface area contributed by atoms with E-state index in [1.54, 1.807) is 30.3 Å². The smallest absolute Gasteiger partial charge is 0.319 e. The molecule has 3 aromatic rings. The molecule has 0 bridgehead atoms. The first-order valence-electron chi connectivity index (χ1n) is 9.60. The molecule has 7 heteroatoms. The van der Waals surface area contributed by atoms with Crippen LogP contribution in [-0.2, 0) is 22.1 Å². The zero-order chi connectivity index (χ0) is 21.6. The van der Waals surface area contributed by atoms with Crippen molar-refractivity contribution in [3.8, 4) is 0 Å². The molecule has 3 aromatic carbocycles. The summed E-state index contributed by atoms with van der Waals surface area (Å²) < 4.78 is 25.4. The Morgan fingerprint density at radius 1 is 0.933 bits per heavy atom. The van der Waals surface area contributed by atoms with Crippen LogP contribution in [0.25, 0.3) is 0 Å². The number of amides is 2. The third-order valence-corrected chi connectivity index (χ3v) is 6.41. The van der Waals surface area contributed by atoms with E-state index in [1.165, 1.54) is 12.1 Å². The number of urea groups is 1. The summed E-state index contributed by atoms with van der Waals surface area (Å²) in [5.41, 5.74) is 8.70. The van der Waals surface area contributed by atoms with Gasteiger partial charge >= 0.3 is 6.03 Å². The molecule has 0 aliphatic rings. The zero-order valence-electron chi connectivity index (χ0n) is 16.7. The fraction of sp³-hybridized carbons (Fsp3) is 0.174. The van der Waals surface area contributed by atoms with Crippen molar-refractivity contribution in [1.29, 1.82) is 0 Å². The van der Waals surface area contributed by atoms with Crippen LogP contribution in [0.1, 0.15) is 29.7 Å². The average Bonchev–Trinajstić information content (AvgIpc) is 2.74. The number of carbonyl (C=O) groups excluding carboxylic acids is 1. The Bertz CT molecular complexity index is 1100. The minimum atomic E-state index is -3.51. The molecular weight excluding hydrogens is 398 g/mol. The maximum Gasteiger partial charge on any atom is 0.319 e. The summed E-state index contributed by atoms with van der Waals surface area (Å²) in [4.78, 5) is 12.4. The van der Waals surface area contributed by atoms with Gasteiger partial charge in [0.05, 0.1) is 16.7 Å². The molecule has 6 nitrogen and oxygen atoms in total. The van der Waals surface area contributed by atoms with Gasteiger partial charge in [0.1, 0.15) is 0 Å². The molecule has 4 N–H and O–H groups in total. The van der Waals surface area contributed by atoms with Gasteiger partial charge in [-0.3, -0.25) is 0 Å². The number of nitrogens with two attached hydrogens (primary N) is 1. The van der Waals surface area contributed by atoms with Crippen molar-refractivity contribution < 1.29 is 13.2 Å². The highest BCUT2D eigenvalue weighted by Gasteiger charge is 2.16. The summed E-state index contributed by atoms with van der Waals surface area (Å²) >= 11 is 0. The van der Waals surface area contributed by atoms with Gasteiger partial charge < -0.3 is 16.4 Å². The van der Waals surface area contributed by atoms with Gasteiger partial charge in [0, 0.05) is 12.2 Å². The van der Waals surface area contributed by atoms with E-state index in [2.05, 4.69) is 10.6 Å². The highest BCUT2D eigenvalue weighted by atomic mass is 32.2. The van der Waals surface area contributed by atoms with Gasteiger partial charge in [0.15, 0.2) is 9.84 Å². The molecule has 0 heterocycles. The van der Waals surface area contributed by atoms with Gasteiger partial charge in [-0.25, -0.2) is 13.2 Å². The van der Waals surface area contributed by atoms with Gasteiger partial charge in [-0.05, 0) is 47.9 Å². The number of sulfone groups is 1. The molecule has 0 saturated heterocycles. The molecule has 1 atom stereocenters. The fourth-order valence-electron chi connectivity index (χ4n) is 3.08. The molecule has 0 radical (unpaired) electrons. The van der Waals surface area contributed by atoms with Gasteiger partial charge in [0.25, 0.3) is 0 Å². The van der Waals surface area contributed by atoms with Crippen molar-refractivity contribution in [1.82, 2.24) is 5.32 Å². The van der Waals surface area contributed by atoms with Crippen LogP contribution in [0.15, 0.2) is 83.8 Å². The normalized spacial score (nSPS) is 12.2. The minimum Gasteiger partial charge on any atom is -0.331 e. The second-order valence-corrected chi connectivity index (χ2v) is 9.03. The zero-order valence-corrected chi connectivity index (χ0v) is 17.5. The number of hydrogen-bond donors (Lipinski definition) is 3. The number of anilines is 1. The second kappa shape index (κ2) is 9.56. The van der Waals surface area contributed by atoms with Crippen LogP contribution in [-0.4, -0.2) is 14.4 Å². The summed E-state index contributed by atoms with van der Waals surface area (Å²) in [5.74, 6) is -0.108. The van der Waals surface area contributed by atoms with E-state index in [1.807, 2.05) is 43.3 Å². The SMILES string of the molecule is CC(NC(=O)Nc1ccc(S(=O)(=O)Cc2cccc(CN)c2)cc1)c1ccccc1. The summed E-state index contributed by atoms with van der Waals surface area (Å²) in [7, 11) is -3.51. The molecule has 1 unspecified atom stereocenters. The van der Waals surface area contributed by atoms with Gasteiger partial charge in [-0.2, -0.15) is 0 Å². The first-order valence-corrected chi connectivity index (χ1v) is 11.3. The standard InChI is InChI=1S/C23H25N3O3S/c1-17(20-8-3-2-4-9-20)25-23(27)26-21-10-12-22(13-11-21)30(28,29)16-19-7-5-6-18(14-19)15-24/h2-14,17H,15-16,24H2,1H3,(H2,25,26,27). The Hall–Kier alpha value is -3.16. The number of nitrogens with one attached hydrogen (secondary N) is 2. The van der Waals surface area contributed by atoms with Crippen LogP contribution >= 0.6 is 0 Å². The molecule has 156 valence electrons. The maximum absolute atomic E-state index is 12.7. The Balaban J connectivity index is 1.63. The maximum atomic E-state index is 12.7. The van der Waals surface area contributed by atoms with Crippen LogP contribution in [0.3, 0.4) is 0 Å². The van der Waals surface area contributed by atoms with E-state index in [9.17, 15) is 13.2 Å². The fourth-order valence-corrected chi connectivity index (χ4v) is 4.42. The summed E-state index contributed by atoms with van der Waals surface area (Å²) in [6.45, 7) is 2.25. The third-order valence-electron chi connectivity index (χ3n) is 4.70. The molecule has 0 fully saturated rings. The predicted octanol–water partition coefficient (Wildman–Crippen LogP) is 4.00. The molecule has 0 aliphatic heterocycles. The number of benzene rings is 3. The van der Waals surface area contributed by atoms with E-state index in [0.29, 0.717) is 17.8 Å². The van der Waals surface area contributed by atoms with E-state index < -0.39 is 9.84 Å². The van der Waals surface area contributed by atoms with Crippen LogP contribution in [0.5, 0.6) is 0 Å². The van der Waals surface area contributed by atoms with E-state index >= 15 is 0 Å². The lowest BCUT2D eigenvalue weighted by Crippen LogP contribution is -2.31. The Morgan fingerprint density at radius 3 is 2.27 bits per heavy atom. The monoisotopic (exact) mass is 423 g/mol. The Morgan fingerprint density at radius 2 is 1.60 bits per heavy atom. The Labute approximate surface area is 177 Å². The lowest BCUT2D eigenvalue weighted by Gasteiger charge is -2.15. The summed E-state index contributed by atoms with van der Waals surface area (Å²) in [5, 5.41) is 5.58. The van der Waals surface area contributed by atoms with Crippen molar-refractivity contribution >= 4 is 21.6 Å². The second-order valence-electron chi connectivity index (χ2n) is 7.04. The summed E-state index contributed by atoms with van der Waals surface area (Å²) in [6, 6.07) is 22.5. The number of hydrogen-bond acceptors (Lipinski definition) is 4. The minimum absolute atomic E-state index is 0.108. The molecule has 0 spiro atoms. The van der Waals surface area contributed by atoms with Gasteiger partial charge in [-0.1, -0.05) is 54.6 Å². The van der Waals surface area contributed by atoms with Crippen molar-refractivity contribution in [2.75, 3.05) is 5.32 Å². The quantitative estimate of drug-likeness (QED) is 0.534. The topological polar surface area (TPSA) is 101 Å². The van der Waals surface area contributed by atoms with Gasteiger partial charge in [0.2, 0.25) is 0 Å². The molecular formula is C23H25N3O3S. The van der Waals surface area contributed by atoms with Crippen LogP contribution < -0.4 is 16.4 Å². The molecule has 0 aromatic heterocycles. The van der Waals surface area contributed by atoms with Crippen molar-refractivity contribution in [2.45, 2.75) is 30.2 Å². The van der Waals surface area contributed by atoms with Crippen LogP contribution in [0.2, 0.25) is 0 Å². The highest BCUT2D eigenvalue weighted by Crippen LogP contribution is 2.20. The van der Waals surface area contributed by atoms with E-state index in [-0.39, 0.29) is 22.7 Å². The largest absolute Gasteiger partial charge is 0.331 e. The first-order chi connectivity index (χ1) is 14.4. The number of rotatable bonds is 7. The van der Waals surface area contributed by atoms with E-state index in [4.69, 9.17) is 5.73 Å². The lowest BCUT2D eigenvalue weighted by atomic mass is 10.1. The lowest BCUT2D eigenvalue weighted by molar-refractivity contribution is 0.249. The molecule has 2 amide bonds. The average molecular weight is 424 g/mol. The van der Waals surface area contributed by atoms with E-state index in [0.717, 1.165) is 11.1 Å². The van der Waals surface area contributed by atoms with Gasteiger partial charge in [-0.15, -0.1) is 0 Å². The molecule has 30 heavy (non-hydrogen) atoms. The number of carbonyl (C=O) groups is 1. The molecule has 3 rings (SSSR count). The molecule has 0 aliphatic carbocycles.